The van der Waals surface area contributed by atoms with Gasteiger partial charge in [0.2, 0.25) is 0 Å². The van der Waals surface area contributed by atoms with Gasteiger partial charge in [0.15, 0.2) is 0 Å². The molecule has 0 heterocycles. The van der Waals surface area contributed by atoms with Gasteiger partial charge in [0.1, 0.15) is 0 Å². The molecule has 7 N–H and O–H groups in total. The smallest absolute Gasteiger partial charge is 0.0796 e. The van der Waals surface area contributed by atoms with Crippen LogP contribution in [0.1, 0.15) is 13.3 Å². The Kier molecular flexibility index (Phi) is 362. The van der Waals surface area contributed by atoms with Gasteiger partial charge < -0.3 is 22.3 Å². The number of nitrogens with two attached hydrogens (primary N) is 3. The minimum atomic E-state index is 0.750. The molecular formula is C6H22N3O. The number of aliphatic hydroxyl groups excluding tert-OH is 1. The van der Waals surface area contributed by atoms with E-state index in [-0.39, 0.29) is 0 Å². The van der Waals surface area contributed by atoms with Crippen LogP contribution in [0.15, 0.2) is 0 Å². The van der Waals surface area contributed by atoms with Crippen molar-refractivity contribution in [3.05, 3.63) is 6.61 Å². The monoisotopic (exact) mass is 152 g/mol. The zero-order chi connectivity index (χ0) is 9.41. The molecule has 0 rings (SSSR count). The average Bonchev–Trinajstić information content (AvgIpc) is 2.14. The Labute approximate surface area is 64.4 Å². The van der Waals surface area contributed by atoms with Gasteiger partial charge in [0.25, 0.3) is 0 Å². The lowest BCUT2D eigenvalue weighted by Gasteiger charge is -1.67. The molecule has 0 saturated carbocycles. The summed E-state index contributed by atoms with van der Waals surface area (Å²) in [5.41, 5.74) is 13.5. The van der Waals surface area contributed by atoms with Gasteiger partial charge in [-0.3, -0.25) is 0 Å². The Morgan fingerprint density at radius 3 is 1.10 bits per heavy atom. The van der Waals surface area contributed by atoms with Crippen molar-refractivity contribution in [3.8, 4) is 0 Å². The second kappa shape index (κ2) is 160. The Balaban J connectivity index is -0.0000000262. The molecule has 0 unspecified atom stereocenters. The summed E-state index contributed by atoms with van der Waals surface area (Å²) < 4.78 is 0. The van der Waals surface area contributed by atoms with E-state index in [9.17, 15) is 0 Å². The van der Waals surface area contributed by atoms with E-state index in [0.29, 0.717) is 0 Å². The quantitative estimate of drug-likeness (QED) is 0.413. The lowest BCUT2D eigenvalue weighted by Crippen LogP contribution is -1.69. The molecule has 0 aromatic heterocycles. The molecule has 0 aliphatic rings. The molecule has 0 aromatic carbocycles. The third-order valence-corrected chi connectivity index (χ3v) is 0.183. The normalized spacial score (nSPS) is 4.80. The fourth-order valence-electron chi connectivity index (χ4n) is 0. The van der Waals surface area contributed by atoms with E-state index >= 15 is 0 Å². The van der Waals surface area contributed by atoms with Crippen molar-refractivity contribution >= 4 is 0 Å². The predicted octanol–water partition coefficient (Wildman–Crippen LogP) is -0.345. The summed E-state index contributed by atoms with van der Waals surface area (Å²) in [6, 6.07) is 0. The fraction of sp³-hybridized carbons (Fsp3) is 0.833. The Morgan fingerprint density at radius 2 is 1.10 bits per heavy atom. The molecular weight excluding hydrogens is 130 g/mol. The maximum Gasteiger partial charge on any atom is 0.0796 e. The molecule has 0 aliphatic carbocycles. The van der Waals surface area contributed by atoms with Crippen molar-refractivity contribution < 1.29 is 5.11 Å². The number of hydrogen-bond acceptors (Lipinski definition) is 4. The van der Waals surface area contributed by atoms with Crippen LogP contribution in [0.25, 0.3) is 0 Å². The van der Waals surface area contributed by atoms with Crippen LogP contribution < -0.4 is 17.2 Å². The predicted molar refractivity (Wildman–Crippen MR) is 46.9 cm³/mol. The number of rotatable bonds is 1. The molecule has 1 radical (unpaired) electrons. The van der Waals surface area contributed by atoms with Crippen LogP contribution >= 0.6 is 0 Å². The van der Waals surface area contributed by atoms with E-state index in [4.69, 9.17) is 5.11 Å². The minimum absolute atomic E-state index is 0.750. The standard InChI is InChI=1S/C3H7O.3CH5N/c1-2-3-4;3*1-2/h3-4H,2H2,1H3;3*2H2,1H3. The summed E-state index contributed by atoms with van der Waals surface area (Å²) in [5, 5.41) is 7.75. The maximum absolute atomic E-state index is 7.75. The van der Waals surface area contributed by atoms with Crippen molar-refractivity contribution in [2.75, 3.05) is 21.1 Å². The van der Waals surface area contributed by atoms with E-state index in [2.05, 4.69) is 17.2 Å². The highest BCUT2D eigenvalue weighted by Gasteiger charge is 1.58. The highest BCUT2D eigenvalue weighted by atomic mass is 16.2. The van der Waals surface area contributed by atoms with E-state index in [1.807, 2.05) is 6.92 Å². The van der Waals surface area contributed by atoms with Gasteiger partial charge in [-0.1, -0.05) is 6.92 Å². The van der Waals surface area contributed by atoms with Gasteiger partial charge >= 0.3 is 0 Å². The summed E-state index contributed by atoms with van der Waals surface area (Å²) in [4.78, 5) is 0. The number of aliphatic hydroxyl groups is 1. The highest BCUT2D eigenvalue weighted by molar-refractivity contribution is 4.32. The van der Waals surface area contributed by atoms with Gasteiger partial charge in [0.05, 0.1) is 6.61 Å². The summed E-state index contributed by atoms with van der Waals surface area (Å²) >= 11 is 0. The molecule has 0 fully saturated rings. The van der Waals surface area contributed by atoms with Crippen molar-refractivity contribution in [1.29, 1.82) is 0 Å². The van der Waals surface area contributed by atoms with Gasteiger partial charge in [-0.2, -0.15) is 0 Å². The Bertz CT molecular complexity index is 15.0. The molecule has 10 heavy (non-hydrogen) atoms. The SMILES string of the molecule is CC[CH]O.CN.CN.CN. The van der Waals surface area contributed by atoms with Gasteiger partial charge in [-0.05, 0) is 27.6 Å². The van der Waals surface area contributed by atoms with Crippen LogP contribution in [0.2, 0.25) is 0 Å². The highest BCUT2D eigenvalue weighted by Crippen LogP contribution is 1.69. The molecule has 0 atom stereocenters. The molecule has 4 heteroatoms. The van der Waals surface area contributed by atoms with E-state index in [1.165, 1.54) is 21.1 Å². The summed E-state index contributed by atoms with van der Waals surface area (Å²) in [5.74, 6) is 0. The molecule has 67 valence electrons. The summed E-state index contributed by atoms with van der Waals surface area (Å²) in [6.45, 7) is 3.00. The van der Waals surface area contributed by atoms with Crippen LogP contribution in [-0.2, 0) is 0 Å². The molecule has 0 saturated heterocycles. The lowest BCUT2D eigenvalue weighted by molar-refractivity contribution is 0.381. The first kappa shape index (κ1) is 22.5. The molecule has 4 nitrogen and oxygen atoms in total. The molecule has 0 amide bonds. The summed E-state index contributed by atoms with van der Waals surface area (Å²) in [6.07, 6.45) is 0.750. The zero-order valence-corrected chi connectivity index (χ0v) is 7.46. The molecule has 0 aromatic rings. The van der Waals surface area contributed by atoms with Crippen LogP contribution in [0.5, 0.6) is 0 Å². The third kappa shape index (κ3) is 520. The van der Waals surface area contributed by atoms with Gasteiger partial charge in [0, 0.05) is 0 Å². The molecule has 0 aliphatic heterocycles. The van der Waals surface area contributed by atoms with E-state index in [0.717, 1.165) is 13.0 Å². The minimum Gasteiger partial charge on any atom is -0.390 e. The topological polar surface area (TPSA) is 98.3 Å². The van der Waals surface area contributed by atoms with Crippen molar-refractivity contribution in [1.82, 2.24) is 0 Å². The Hall–Kier alpha value is -0.160. The Morgan fingerprint density at radius 1 is 1.00 bits per heavy atom. The first-order valence-electron chi connectivity index (χ1n) is 3.11. The van der Waals surface area contributed by atoms with Crippen molar-refractivity contribution in [2.24, 2.45) is 17.2 Å². The molecule has 0 spiro atoms. The van der Waals surface area contributed by atoms with Gasteiger partial charge in [-0.15, -0.1) is 0 Å². The first-order chi connectivity index (χ1) is 4.91. The lowest BCUT2D eigenvalue weighted by atomic mass is 10.5. The fourth-order valence-corrected chi connectivity index (χ4v) is 0. The second-order valence-electron chi connectivity index (χ2n) is 0.591. The molecule has 0 bridgehead atoms. The largest absolute Gasteiger partial charge is 0.390 e. The maximum atomic E-state index is 7.75. The van der Waals surface area contributed by atoms with Gasteiger partial charge in [-0.25, -0.2) is 0 Å². The average molecular weight is 152 g/mol. The van der Waals surface area contributed by atoms with Crippen LogP contribution in [0.4, 0.5) is 0 Å². The van der Waals surface area contributed by atoms with E-state index in [1.54, 1.807) is 0 Å². The van der Waals surface area contributed by atoms with Crippen LogP contribution in [-0.4, -0.2) is 26.2 Å². The summed E-state index contributed by atoms with van der Waals surface area (Å²) in [7, 11) is 4.50. The third-order valence-electron chi connectivity index (χ3n) is 0.183. The van der Waals surface area contributed by atoms with Crippen molar-refractivity contribution in [2.45, 2.75) is 13.3 Å². The van der Waals surface area contributed by atoms with Crippen LogP contribution in [0, 0.1) is 6.61 Å². The van der Waals surface area contributed by atoms with E-state index < -0.39 is 0 Å². The first-order valence-corrected chi connectivity index (χ1v) is 3.11. The number of hydrogen-bond donors (Lipinski definition) is 4. The second-order valence-corrected chi connectivity index (χ2v) is 0.591. The van der Waals surface area contributed by atoms with Crippen molar-refractivity contribution in [3.63, 3.8) is 0 Å². The zero-order valence-electron chi connectivity index (χ0n) is 7.46. The van der Waals surface area contributed by atoms with Crippen LogP contribution in [0.3, 0.4) is 0 Å².